The van der Waals surface area contributed by atoms with E-state index >= 15 is 0 Å². The first-order valence-corrected chi connectivity index (χ1v) is 8.25. The molecule has 23 heavy (non-hydrogen) atoms. The summed E-state index contributed by atoms with van der Waals surface area (Å²) >= 11 is 7.44. The Kier molecular flexibility index (Phi) is 4.94. The summed E-state index contributed by atoms with van der Waals surface area (Å²) in [4.78, 5) is 8.86. The minimum Gasteiger partial charge on any atom is -0.385 e. The van der Waals surface area contributed by atoms with E-state index in [1.165, 1.54) is 12.7 Å². The van der Waals surface area contributed by atoms with Crippen molar-refractivity contribution < 1.29 is 5.11 Å². The fourth-order valence-electron chi connectivity index (χ4n) is 2.12. The molecule has 0 unspecified atom stereocenters. The van der Waals surface area contributed by atoms with Crippen molar-refractivity contribution in [3.05, 3.63) is 54.6 Å². The lowest BCUT2D eigenvalue weighted by Crippen LogP contribution is -2.41. The number of benzene rings is 1. The zero-order valence-electron chi connectivity index (χ0n) is 12.2. The Morgan fingerprint density at radius 1 is 1.00 bits per heavy atom. The highest BCUT2D eigenvalue weighted by atomic mass is 35.5. The minimum atomic E-state index is -1.05. The Morgan fingerprint density at radius 2 is 1.57 bits per heavy atom. The van der Waals surface area contributed by atoms with Crippen LogP contribution in [-0.4, -0.2) is 46.0 Å². The third kappa shape index (κ3) is 4.54. The highest BCUT2D eigenvalue weighted by molar-refractivity contribution is 7.99. The lowest BCUT2D eigenvalue weighted by molar-refractivity contribution is 0.0226. The number of hydrogen-bond donors (Lipinski definition) is 1. The van der Waals surface area contributed by atoms with Gasteiger partial charge in [-0.2, -0.15) is 10.2 Å². The van der Waals surface area contributed by atoms with Gasteiger partial charge in [0.1, 0.15) is 30.9 Å². The van der Waals surface area contributed by atoms with Crippen molar-refractivity contribution in [3.8, 4) is 0 Å². The maximum Gasteiger partial charge on any atom is 0.137 e. The van der Waals surface area contributed by atoms with Gasteiger partial charge < -0.3 is 5.11 Å². The van der Waals surface area contributed by atoms with Crippen LogP contribution in [0.15, 0.2) is 54.5 Å². The number of aromatic nitrogens is 6. The maximum absolute atomic E-state index is 11.0. The molecule has 0 fully saturated rings. The smallest absolute Gasteiger partial charge is 0.137 e. The summed E-state index contributed by atoms with van der Waals surface area (Å²) in [6.45, 7) is 0.626. The van der Waals surface area contributed by atoms with Crippen LogP contribution in [0.4, 0.5) is 0 Å². The summed E-state index contributed by atoms with van der Waals surface area (Å²) in [7, 11) is 0. The number of rotatable bonds is 7. The van der Waals surface area contributed by atoms with Crippen molar-refractivity contribution in [2.45, 2.75) is 23.6 Å². The van der Waals surface area contributed by atoms with Gasteiger partial charge in [-0.1, -0.05) is 11.6 Å². The Bertz CT molecular complexity index is 680. The van der Waals surface area contributed by atoms with Crippen molar-refractivity contribution >= 4 is 23.4 Å². The van der Waals surface area contributed by atoms with Gasteiger partial charge in [0.05, 0.1) is 13.1 Å². The van der Waals surface area contributed by atoms with E-state index in [0.717, 1.165) is 4.90 Å². The summed E-state index contributed by atoms with van der Waals surface area (Å²) in [5.41, 5.74) is -1.05. The monoisotopic (exact) mass is 350 g/mol. The van der Waals surface area contributed by atoms with E-state index < -0.39 is 5.60 Å². The summed E-state index contributed by atoms with van der Waals surface area (Å²) in [5, 5.41) is 19.9. The molecule has 2 aromatic heterocycles. The third-order valence-electron chi connectivity index (χ3n) is 3.17. The molecule has 1 N–H and O–H groups in total. The molecule has 0 bridgehead atoms. The van der Waals surface area contributed by atoms with Crippen molar-refractivity contribution in [3.63, 3.8) is 0 Å². The molecule has 9 heteroatoms. The topological polar surface area (TPSA) is 81.6 Å². The molecule has 0 aliphatic rings. The van der Waals surface area contributed by atoms with Gasteiger partial charge in [-0.05, 0) is 24.3 Å². The average Bonchev–Trinajstić information content (AvgIpc) is 3.21. The van der Waals surface area contributed by atoms with E-state index in [-0.39, 0.29) is 0 Å². The highest BCUT2D eigenvalue weighted by Crippen LogP contribution is 2.26. The molecule has 120 valence electrons. The Morgan fingerprint density at radius 3 is 2.04 bits per heavy atom. The van der Waals surface area contributed by atoms with Crippen molar-refractivity contribution in [1.29, 1.82) is 0 Å². The van der Waals surface area contributed by atoms with Crippen molar-refractivity contribution in [1.82, 2.24) is 29.5 Å². The van der Waals surface area contributed by atoms with Crippen molar-refractivity contribution in [2.24, 2.45) is 0 Å². The largest absolute Gasteiger partial charge is 0.385 e. The standard InChI is InChI=1S/C14H15ClN6OS/c15-12-1-3-13(4-2-12)23-7-14(22,5-20-10-16-8-18-20)6-21-11-17-9-19-21/h1-4,8-11,22H,5-7H2. The van der Waals surface area contributed by atoms with Gasteiger partial charge in [-0.3, -0.25) is 0 Å². The maximum atomic E-state index is 11.0. The lowest BCUT2D eigenvalue weighted by Gasteiger charge is -2.27. The second-order valence-electron chi connectivity index (χ2n) is 5.15. The van der Waals surface area contributed by atoms with Gasteiger partial charge in [0.2, 0.25) is 0 Å². The first kappa shape index (κ1) is 16.0. The van der Waals surface area contributed by atoms with E-state index in [1.807, 2.05) is 24.3 Å². The molecule has 1 aromatic carbocycles. The number of nitrogens with zero attached hydrogens (tertiary/aromatic N) is 6. The molecule has 3 aromatic rings. The number of thioether (sulfide) groups is 1. The van der Waals surface area contributed by atoms with Crippen LogP contribution < -0.4 is 0 Å². The minimum absolute atomic E-state index is 0.313. The quantitative estimate of drug-likeness (QED) is 0.654. The average molecular weight is 351 g/mol. The zero-order chi connectivity index (χ0) is 16.1. The summed E-state index contributed by atoms with van der Waals surface area (Å²) in [6, 6.07) is 7.52. The molecule has 7 nitrogen and oxygen atoms in total. The molecular formula is C14H15ClN6OS. The van der Waals surface area contributed by atoms with E-state index in [4.69, 9.17) is 11.6 Å². The fraction of sp³-hybridized carbons (Fsp3) is 0.286. The molecule has 0 spiro atoms. The van der Waals surface area contributed by atoms with Gasteiger partial charge in [0.25, 0.3) is 0 Å². The third-order valence-corrected chi connectivity index (χ3v) is 4.71. The molecule has 3 rings (SSSR count). The molecule has 0 saturated heterocycles. The number of hydrogen-bond acceptors (Lipinski definition) is 6. The van der Waals surface area contributed by atoms with Crippen molar-refractivity contribution in [2.75, 3.05) is 5.75 Å². The van der Waals surface area contributed by atoms with Crippen LogP contribution in [0.2, 0.25) is 5.02 Å². The van der Waals surface area contributed by atoms with Gasteiger partial charge in [-0.25, -0.2) is 19.3 Å². The first-order chi connectivity index (χ1) is 11.1. The van der Waals surface area contributed by atoms with Gasteiger partial charge >= 0.3 is 0 Å². The summed E-state index contributed by atoms with van der Waals surface area (Å²) < 4.78 is 3.22. The van der Waals surface area contributed by atoms with Crippen LogP contribution in [0, 0.1) is 0 Å². The van der Waals surface area contributed by atoms with Crippen LogP contribution in [0.1, 0.15) is 0 Å². The summed E-state index contributed by atoms with van der Waals surface area (Å²) in [6.07, 6.45) is 6.06. The lowest BCUT2D eigenvalue weighted by atomic mass is 10.1. The van der Waals surface area contributed by atoms with Gasteiger partial charge in [0.15, 0.2) is 0 Å². The van der Waals surface area contributed by atoms with Crippen LogP contribution in [-0.2, 0) is 13.1 Å². The van der Waals surface area contributed by atoms with Crippen LogP contribution in [0.5, 0.6) is 0 Å². The van der Waals surface area contributed by atoms with Crippen LogP contribution in [0.3, 0.4) is 0 Å². The predicted octanol–water partition coefficient (Wildman–Crippen LogP) is 1.75. The molecule has 2 heterocycles. The normalized spacial score (nSPS) is 11.7. The predicted molar refractivity (Wildman–Crippen MR) is 87.2 cm³/mol. The van der Waals surface area contributed by atoms with E-state index in [2.05, 4.69) is 20.2 Å². The molecule has 0 aliphatic carbocycles. The Balaban J connectivity index is 1.72. The molecule has 0 atom stereocenters. The first-order valence-electron chi connectivity index (χ1n) is 6.89. The van der Waals surface area contributed by atoms with Crippen LogP contribution in [0.25, 0.3) is 0 Å². The fourth-order valence-corrected chi connectivity index (χ4v) is 3.19. The molecular weight excluding hydrogens is 336 g/mol. The second-order valence-corrected chi connectivity index (χ2v) is 6.64. The zero-order valence-corrected chi connectivity index (χ0v) is 13.7. The van der Waals surface area contributed by atoms with E-state index in [9.17, 15) is 5.11 Å². The molecule has 0 amide bonds. The number of aliphatic hydroxyl groups is 1. The van der Waals surface area contributed by atoms with E-state index in [1.54, 1.807) is 33.8 Å². The molecule has 0 saturated carbocycles. The number of halogens is 1. The SMILES string of the molecule is OC(CSc1ccc(Cl)cc1)(Cn1cncn1)Cn1cncn1. The second kappa shape index (κ2) is 7.12. The summed E-state index contributed by atoms with van der Waals surface area (Å²) in [5.74, 6) is 0.467. The van der Waals surface area contributed by atoms with Gasteiger partial charge in [0, 0.05) is 15.7 Å². The van der Waals surface area contributed by atoms with Gasteiger partial charge in [-0.15, -0.1) is 11.8 Å². The Hall–Kier alpha value is -1.90. The van der Waals surface area contributed by atoms with E-state index in [0.29, 0.717) is 23.9 Å². The molecule has 0 aliphatic heterocycles. The molecule has 0 radical (unpaired) electrons. The van der Waals surface area contributed by atoms with Crippen LogP contribution >= 0.6 is 23.4 Å². The highest BCUT2D eigenvalue weighted by Gasteiger charge is 2.29. The Labute approximate surface area is 142 Å².